The number of amides is 2. The van der Waals surface area contributed by atoms with E-state index in [-0.39, 0.29) is 29.7 Å². The van der Waals surface area contributed by atoms with Gasteiger partial charge in [-0.3, -0.25) is 14.5 Å². The van der Waals surface area contributed by atoms with Crippen LogP contribution >= 0.6 is 0 Å². The third kappa shape index (κ3) is 3.88. The number of cyclic esters (lactones) is 1. The third-order valence-electron chi connectivity index (χ3n) is 5.67. The molecule has 4 rings (SSSR count). The lowest BCUT2D eigenvalue weighted by Crippen LogP contribution is -2.30. The average molecular weight is 392 g/mol. The normalized spacial score (nSPS) is 17.0. The molecule has 0 bridgehead atoms. The van der Waals surface area contributed by atoms with Crippen LogP contribution in [0.2, 0.25) is 0 Å². The Morgan fingerprint density at radius 2 is 1.83 bits per heavy atom. The van der Waals surface area contributed by atoms with Gasteiger partial charge in [0.05, 0.1) is 12.6 Å². The Bertz CT molecular complexity index is 967. The number of anilines is 1. The molecule has 2 fully saturated rings. The molecule has 29 heavy (non-hydrogen) atoms. The van der Waals surface area contributed by atoms with E-state index in [0.717, 1.165) is 24.1 Å². The number of Topliss-reactive ketones (excluding diaryl/α,β-unsaturated/α-hetero) is 1. The standard InChI is InChI=1S/C23H24N2O4/c1-15(17-5-4-8-20(14-17)25-11-12-29-23(25)28)24(2)22(27)19-7-3-6-18(13-19)21(26)16-9-10-16/h3-8,13-16H,9-12H2,1-2H3. The zero-order valence-corrected chi connectivity index (χ0v) is 16.6. The lowest BCUT2D eigenvalue weighted by molar-refractivity contribution is 0.0742. The largest absolute Gasteiger partial charge is 0.447 e. The molecule has 0 radical (unpaired) electrons. The molecule has 0 aromatic heterocycles. The van der Waals surface area contributed by atoms with Crippen molar-refractivity contribution < 1.29 is 19.1 Å². The summed E-state index contributed by atoms with van der Waals surface area (Å²) < 4.78 is 5.01. The minimum atomic E-state index is -0.351. The van der Waals surface area contributed by atoms with Crippen LogP contribution in [-0.4, -0.2) is 42.9 Å². The van der Waals surface area contributed by atoms with Crippen LogP contribution in [0.3, 0.4) is 0 Å². The molecule has 1 heterocycles. The molecule has 1 atom stereocenters. The summed E-state index contributed by atoms with van der Waals surface area (Å²) in [4.78, 5) is 40.4. The van der Waals surface area contributed by atoms with Gasteiger partial charge in [-0.1, -0.05) is 24.3 Å². The van der Waals surface area contributed by atoms with Crippen LogP contribution in [0.25, 0.3) is 0 Å². The van der Waals surface area contributed by atoms with E-state index < -0.39 is 0 Å². The monoisotopic (exact) mass is 392 g/mol. The van der Waals surface area contributed by atoms with Gasteiger partial charge >= 0.3 is 6.09 Å². The molecule has 0 spiro atoms. The van der Waals surface area contributed by atoms with Crippen LogP contribution in [0.15, 0.2) is 48.5 Å². The molecule has 2 aliphatic rings. The van der Waals surface area contributed by atoms with Gasteiger partial charge in [0.25, 0.3) is 5.91 Å². The topological polar surface area (TPSA) is 66.9 Å². The smallest absolute Gasteiger partial charge is 0.414 e. The van der Waals surface area contributed by atoms with Crippen LogP contribution < -0.4 is 4.90 Å². The summed E-state index contributed by atoms with van der Waals surface area (Å²) in [5, 5.41) is 0. The van der Waals surface area contributed by atoms with Crippen molar-refractivity contribution in [1.82, 2.24) is 4.90 Å². The maximum absolute atomic E-state index is 13.0. The summed E-state index contributed by atoms with van der Waals surface area (Å²) >= 11 is 0. The molecular formula is C23H24N2O4. The van der Waals surface area contributed by atoms with Gasteiger partial charge < -0.3 is 9.64 Å². The summed E-state index contributed by atoms with van der Waals surface area (Å²) in [5.41, 5.74) is 2.79. The fraction of sp³-hybridized carbons (Fsp3) is 0.348. The first-order chi connectivity index (χ1) is 14.0. The Labute approximate surface area is 170 Å². The number of benzene rings is 2. The number of rotatable bonds is 6. The SMILES string of the molecule is CC(c1cccc(N2CCOC2=O)c1)N(C)C(=O)c1cccc(C(=O)C2CC2)c1. The molecule has 1 aliphatic heterocycles. The van der Waals surface area contributed by atoms with Crippen molar-refractivity contribution in [1.29, 1.82) is 0 Å². The van der Waals surface area contributed by atoms with Crippen LogP contribution in [0.5, 0.6) is 0 Å². The van der Waals surface area contributed by atoms with E-state index in [1.54, 1.807) is 41.1 Å². The Kier molecular flexibility index (Phi) is 5.09. The van der Waals surface area contributed by atoms with Gasteiger partial charge in [0.15, 0.2) is 5.78 Å². The van der Waals surface area contributed by atoms with Crippen molar-refractivity contribution in [3.63, 3.8) is 0 Å². The van der Waals surface area contributed by atoms with E-state index in [2.05, 4.69) is 0 Å². The fourth-order valence-corrected chi connectivity index (χ4v) is 3.57. The maximum Gasteiger partial charge on any atom is 0.414 e. The van der Waals surface area contributed by atoms with Crippen LogP contribution in [0, 0.1) is 5.92 Å². The van der Waals surface area contributed by atoms with Crippen molar-refractivity contribution in [3.05, 3.63) is 65.2 Å². The predicted octanol–water partition coefficient (Wildman–Crippen LogP) is 4.07. The van der Waals surface area contributed by atoms with E-state index >= 15 is 0 Å². The average Bonchev–Trinajstić information content (AvgIpc) is 3.52. The number of hydrogen-bond acceptors (Lipinski definition) is 4. The molecule has 2 aromatic rings. The Balaban J connectivity index is 1.52. The van der Waals surface area contributed by atoms with Crippen LogP contribution in [0.1, 0.15) is 52.1 Å². The molecule has 2 amide bonds. The van der Waals surface area contributed by atoms with E-state index in [4.69, 9.17) is 4.74 Å². The zero-order valence-electron chi connectivity index (χ0n) is 16.6. The minimum absolute atomic E-state index is 0.122. The lowest BCUT2D eigenvalue weighted by atomic mass is 10.0. The molecule has 0 N–H and O–H groups in total. The molecule has 1 saturated heterocycles. The summed E-state index contributed by atoms with van der Waals surface area (Å²) in [7, 11) is 1.75. The van der Waals surface area contributed by atoms with Gasteiger partial charge in [0.1, 0.15) is 6.61 Å². The number of ketones is 1. The first kappa shape index (κ1) is 19.2. The summed E-state index contributed by atoms with van der Waals surface area (Å²) in [6, 6.07) is 14.4. The second kappa shape index (κ2) is 7.70. The van der Waals surface area contributed by atoms with Gasteiger partial charge in [0.2, 0.25) is 0 Å². The van der Waals surface area contributed by atoms with Crippen molar-refractivity contribution in [2.45, 2.75) is 25.8 Å². The minimum Gasteiger partial charge on any atom is -0.447 e. The van der Waals surface area contributed by atoms with E-state index in [1.165, 1.54) is 0 Å². The van der Waals surface area contributed by atoms with Crippen molar-refractivity contribution in [2.75, 3.05) is 25.1 Å². The molecule has 1 aliphatic carbocycles. The number of carbonyl (C=O) groups excluding carboxylic acids is 3. The zero-order chi connectivity index (χ0) is 20.5. The van der Waals surface area contributed by atoms with Gasteiger partial charge in [-0.05, 0) is 49.6 Å². The predicted molar refractivity (Wildman–Crippen MR) is 109 cm³/mol. The second-order valence-electron chi connectivity index (χ2n) is 7.67. The highest BCUT2D eigenvalue weighted by molar-refractivity contribution is 6.02. The van der Waals surface area contributed by atoms with Crippen LogP contribution in [-0.2, 0) is 4.74 Å². The summed E-state index contributed by atoms with van der Waals surface area (Å²) in [5.74, 6) is 0.103. The third-order valence-corrected chi connectivity index (χ3v) is 5.67. The number of hydrogen-bond donors (Lipinski definition) is 0. The quantitative estimate of drug-likeness (QED) is 0.695. The highest BCUT2D eigenvalue weighted by Crippen LogP contribution is 2.33. The van der Waals surface area contributed by atoms with Gasteiger partial charge in [0, 0.05) is 29.8 Å². The molecule has 150 valence electrons. The Morgan fingerprint density at radius 3 is 2.52 bits per heavy atom. The Hall–Kier alpha value is -3.15. The molecule has 6 heteroatoms. The van der Waals surface area contributed by atoms with E-state index in [9.17, 15) is 14.4 Å². The van der Waals surface area contributed by atoms with Crippen LogP contribution in [0.4, 0.5) is 10.5 Å². The molecule has 1 saturated carbocycles. The first-order valence-corrected chi connectivity index (χ1v) is 9.91. The van der Waals surface area contributed by atoms with Crippen molar-refractivity contribution >= 4 is 23.5 Å². The highest BCUT2D eigenvalue weighted by atomic mass is 16.6. The number of nitrogens with zero attached hydrogens (tertiary/aromatic N) is 2. The first-order valence-electron chi connectivity index (χ1n) is 9.91. The second-order valence-corrected chi connectivity index (χ2v) is 7.67. The maximum atomic E-state index is 13.0. The molecule has 1 unspecified atom stereocenters. The molecule has 2 aromatic carbocycles. The fourth-order valence-electron chi connectivity index (χ4n) is 3.57. The van der Waals surface area contributed by atoms with Crippen molar-refractivity contribution in [2.24, 2.45) is 5.92 Å². The molecule has 6 nitrogen and oxygen atoms in total. The number of carbonyl (C=O) groups is 3. The highest BCUT2D eigenvalue weighted by Gasteiger charge is 2.31. The van der Waals surface area contributed by atoms with E-state index in [0.29, 0.717) is 24.3 Å². The van der Waals surface area contributed by atoms with Gasteiger partial charge in [-0.25, -0.2) is 4.79 Å². The summed E-state index contributed by atoms with van der Waals surface area (Å²) in [6.45, 7) is 2.85. The van der Waals surface area contributed by atoms with E-state index in [1.807, 2.05) is 31.2 Å². The number of ether oxygens (including phenoxy) is 1. The lowest BCUT2D eigenvalue weighted by Gasteiger charge is -2.26. The van der Waals surface area contributed by atoms with Crippen molar-refractivity contribution in [3.8, 4) is 0 Å². The van der Waals surface area contributed by atoms with Gasteiger partial charge in [-0.15, -0.1) is 0 Å². The van der Waals surface area contributed by atoms with Gasteiger partial charge in [-0.2, -0.15) is 0 Å². The Morgan fingerprint density at radius 1 is 1.10 bits per heavy atom. The summed E-state index contributed by atoms with van der Waals surface area (Å²) in [6.07, 6.45) is 1.53. The molecular weight excluding hydrogens is 368 g/mol.